The zero-order valence-electron chi connectivity index (χ0n) is 13.7. The number of aryl methyl sites for hydroxylation is 2. The van der Waals surface area contributed by atoms with E-state index in [9.17, 15) is 4.79 Å². The summed E-state index contributed by atoms with van der Waals surface area (Å²) in [5, 5.41) is 2.86. The van der Waals surface area contributed by atoms with Gasteiger partial charge in [-0.05, 0) is 42.7 Å². The number of nitrogens with two attached hydrogens (primary N) is 1. The smallest absolute Gasteiger partial charge is 0.224 e. The average Bonchev–Trinajstić information content (AvgIpc) is 2.56. The molecule has 0 atom stereocenters. The number of methoxy groups -OCH3 is 2. The molecule has 0 spiro atoms. The summed E-state index contributed by atoms with van der Waals surface area (Å²) in [5.74, 6) is 1.17. The molecular formula is C18H22N2O3. The standard InChI is InChI=1S/C18H22N2O3/c1-12-4-5-13(10-15(12)19)6-9-18(21)20-16-8-7-14(22-2)11-17(16)23-3/h4-5,7-8,10-11H,6,9,19H2,1-3H3,(H,20,21). The van der Waals surface area contributed by atoms with Gasteiger partial charge in [0, 0.05) is 18.2 Å². The maximum Gasteiger partial charge on any atom is 0.224 e. The Morgan fingerprint density at radius 1 is 1.13 bits per heavy atom. The number of nitrogen functional groups attached to an aromatic ring is 1. The van der Waals surface area contributed by atoms with Crippen LogP contribution in [0, 0.1) is 6.92 Å². The number of hydrogen-bond donors (Lipinski definition) is 2. The van der Waals surface area contributed by atoms with Crippen LogP contribution in [0.25, 0.3) is 0 Å². The molecule has 122 valence electrons. The predicted molar refractivity (Wildman–Crippen MR) is 92.1 cm³/mol. The van der Waals surface area contributed by atoms with E-state index in [-0.39, 0.29) is 5.91 Å². The van der Waals surface area contributed by atoms with Gasteiger partial charge in [-0.3, -0.25) is 4.79 Å². The highest BCUT2D eigenvalue weighted by molar-refractivity contribution is 5.92. The Bertz CT molecular complexity index is 699. The normalized spacial score (nSPS) is 10.2. The second-order valence-electron chi connectivity index (χ2n) is 5.31. The van der Waals surface area contributed by atoms with Gasteiger partial charge in [0.1, 0.15) is 11.5 Å². The number of rotatable bonds is 6. The maximum atomic E-state index is 12.1. The van der Waals surface area contributed by atoms with Crippen LogP contribution in [-0.4, -0.2) is 20.1 Å². The molecule has 2 rings (SSSR count). The summed E-state index contributed by atoms with van der Waals surface area (Å²) in [4.78, 5) is 12.1. The Balaban J connectivity index is 1.98. The molecule has 0 radical (unpaired) electrons. The molecule has 2 aromatic rings. The van der Waals surface area contributed by atoms with Crippen LogP contribution in [0.2, 0.25) is 0 Å². The molecule has 0 aliphatic rings. The van der Waals surface area contributed by atoms with E-state index in [1.165, 1.54) is 0 Å². The third-order valence-corrected chi connectivity index (χ3v) is 3.67. The molecule has 0 aliphatic carbocycles. The van der Waals surface area contributed by atoms with Crippen molar-refractivity contribution in [1.29, 1.82) is 0 Å². The lowest BCUT2D eigenvalue weighted by molar-refractivity contribution is -0.116. The molecule has 0 aliphatic heterocycles. The maximum absolute atomic E-state index is 12.1. The number of carbonyl (C=O) groups is 1. The van der Waals surface area contributed by atoms with Gasteiger partial charge in [0.15, 0.2) is 0 Å². The van der Waals surface area contributed by atoms with Crippen molar-refractivity contribution in [3.05, 3.63) is 47.5 Å². The van der Waals surface area contributed by atoms with Gasteiger partial charge < -0.3 is 20.5 Å². The molecule has 0 unspecified atom stereocenters. The quantitative estimate of drug-likeness (QED) is 0.803. The summed E-state index contributed by atoms with van der Waals surface area (Å²) in [7, 11) is 3.14. The summed E-state index contributed by atoms with van der Waals surface area (Å²) in [6.07, 6.45) is 1.01. The summed E-state index contributed by atoms with van der Waals surface area (Å²) < 4.78 is 10.4. The molecular weight excluding hydrogens is 292 g/mol. The zero-order chi connectivity index (χ0) is 16.8. The van der Waals surface area contributed by atoms with E-state index in [4.69, 9.17) is 15.2 Å². The van der Waals surface area contributed by atoms with E-state index in [1.807, 2.05) is 25.1 Å². The Morgan fingerprint density at radius 2 is 1.91 bits per heavy atom. The monoisotopic (exact) mass is 314 g/mol. The fraction of sp³-hybridized carbons (Fsp3) is 0.278. The largest absolute Gasteiger partial charge is 0.497 e. The third kappa shape index (κ3) is 4.39. The lowest BCUT2D eigenvalue weighted by atomic mass is 10.1. The van der Waals surface area contributed by atoms with Gasteiger partial charge in [0.05, 0.1) is 19.9 Å². The van der Waals surface area contributed by atoms with Crippen molar-refractivity contribution in [2.75, 3.05) is 25.3 Å². The molecule has 23 heavy (non-hydrogen) atoms. The number of anilines is 2. The van der Waals surface area contributed by atoms with Gasteiger partial charge >= 0.3 is 0 Å². The van der Waals surface area contributed by atoms with Crippen LogP contribution in [0.15, 0.2) is 36.4 Å². The lowest BCUT2D eigenvalue weighted by Crippen LogP contribution is -2.13. The average molecular weight is 314 g/mol. The van der Waals surface area contributed by atoms with Gasteiger partial charge in [-0.1, -0.05) is 12.1 Å². The molecule has 5 heteroatoms. The summed E-state index contributed by atoms with van der Waals surface area (Å²) in [5.41, 5.74) is 9.35. The minimum atomic E-state index is -0.0763. The number of benzene rings is 2. The van der Waals surface area contributed by atoms with Gasteiger partial charge in [0.2, 0.25) is 5.91 Å². The van der Waals surface area contributed by atoms with Gasteiger partial charge in [-0.15, -0.1) is 0 Å². The molecule has 0 fully saturated rings. The van der Waals surface area contributed by atoms with Gasteiger partial charge in [-0.2, -0.15) is 0 Å². The van der Waals surface area contributed by atoms with Crippen molar-refractivity contribution in [2.45, 2.75) is 19.8 Å². The van der Waals surface area contributed by atoms with E-state index in [2.05, 4.69) is 5.32 Å². The van der Waals surface area contributed by atoms with Gasteiger partial charge in [0.25, 0.3) is 0 Å². The number of hydrogen-bond acceptors (Lipinski definition) is 4. The lowest BCUT2D eigenvalue weighted by Gasteiger charge is -2.12. The minimum absolute atomic E-state index is 0.0763. The van der Waals surface area contributed by atoms with E-state index in [0.717, 1.165) is 16.8 Å². The molecule has 3 N–H and O–H groups in total. The van der Waals surface area contributed by atoms with Crippen molar-refractivity contribution in [2.24, 2.45) is 0 Å². The van der Waals surface area contributed by atoms with Crippen molar-refractivity contribution in [3.8, 4) is 11.5 Å². The Morgan fingerprint density at radius 3 is 2.57 bits per heavy atom. The highest BCUT2D eigenvalue weighted by Crippen LogP contribution is 2.29. The molecule has 2 aromatic carbocycles. The fourth-order valence-corrected chi connectivity index (χ4v) is 2.22. The first kappa shape index (κ1) is 16.7. The van der Waals surface area contributed by atoms with E-state index in [0.29, 0.717) is 30.0 Å². The topological polar surface area (TPSA) is 73.6 Å². The van der Waals surface area contributed by atoms with Crippen LogP contribution >= 0.6 is 0 Å². The first-order valence-corrected chi connectivity index (χ1v) is 7.40. The summed E-state index contributed by atoms with van der Waals surface area (Å²) in [6.45, 7) is 1.96. The molecule has 0 saturated carbocycles. The third-order valence-electron chi connectivity index (χ3n) is 3.67. The van der Waals surface area contributed by atoms with Crippen LogP contribution in [0.5, 0.6) is 11.5 Å². The van der Waals surface area contributed by atoms with Crippen LogP contribution in [0.4, 0.5) is 11.4 Å². The van der Waals surface area contributed by atoms with E-state index < -0.39 is 0 Å². The molecule has 5 nitrogen and oxygen atoms in total. The highest BCUT2D eigenvalue weighted by Gasteiger charge is 2.09. The van der Waals surface area contributed by atoms with E-state index >= 15 is 0 Å². The van der Waals surface area contributed by atoms with Crippen LogP contribution < -0.4 is 20.5 Å². The fourth-order valence-electron chi connectivity index (χ4n) is 2.22. The Hall–Kier alpha value is -2.69. The second-order valence-corrected chi connectivity index (χ2v) is 5.31. The Labute approximate surface area is 136 Å². The van der Waals surface area contributed by atoms with E-state index in [1.54, 1.807) is 32.4 Å². The Kier molecular flexibility index (Phi) is 5.46. The molecule has 0 aromatic heterocycles. The number of carbonyl (C=O) groups excluding carboxylic acids is 1. The van der Waals surface area contributed by atoms with Crippen molar-refractivity contribution in [3.63, 3.8) is 0 Å². The number of amides is 1. The zero-order valence-corrected chi connectivity index (χ0v) is 13.7. The SMILES string of the molecule is COc1ccc(NC(=O)CCc2ccc(C)c(N)c2)c(OC)c1. The summed E-state index contributed by atoms with van der Waals surface area (Å²) >= 11 is 0. The number of ether oxygens (including phenoxy) is 2. The molecule has 1 amide bonds. The van der Waals surface area contributed by atoms with Crippen molar-refractivity contribution < 1.29 is 14.3 Å². The molecule has 0 heterocycles. The first-order chi connectivity index (χ1) is 11.0. The number of nitrogens with one attached hydrogen (secondary N) is 1. The van der Waals surface area contributed by atoms with Crippen LogP contribution in [-0.2, 0) is 11.2 Å². The predicted octanol–water partition coefficient (Wildman–Crippen LogP) is 3.17. The molecule has 0 bridgehead atoms. The van der Waals surface area contributed by atoms with Gasteiger partial charge in [-0.25, -0.2) is 0 Å². The second kappa shape index (κ2) is 7.54. The minimum Gasteiger partial charge on any atom is -0.497 e. The van der Waals surface area contributed by atoms with Crippen LogP contribution in [0.1, 0.15) is 17.5 Å². The van der Waals surface area contributed by atoms with Crippen molar-refractivity contribution in [1.82, 2.24) is 0 Å². The van der Waals surface area contributed by atoms with Crippen LogP contribution in [0.3, 0.4) is 0 Å². The summed E-state index contributed by atoms with van der Waals surface area (Å²) in [6, 6.07) is 11.1. The molecule has 0 saturated heterocycles. The highest BCUT2D eigenvalue weighted by atomic mass is 16.5. The first-order valence-electron chi connectivity index (χ1n) is 7.40. The van der Waals surface area contributed by atoms with Crippen molar-refractivity contribution >= 4 is 17.3 Å².